The Morgan fingerprint density at radius 2 is 1.50 bits per heavy atom. The fraction of sp³-hybridized carbons (Fsp3) is 0.429. The molecule has 0 saturated carbocycles. The molecule has 0 saturated heterocycles. The molecule has 142 valence electrons. The lowest BCUT2D eigenvalue weighted by Gasteiger charge is -2.20. The maximum atomic E-state index is 10.3. The molecule has 0 aliphatic rings. The van der Waals surface area contributed by atoms with Crippen LogP contribution in [-0.2, 0) is 6.61 Å². The van der Waals surface area contributed by atoms with Crippen molar-refractivity contribution >= 4 is 0 Å². The van der Waals surface area contributed by atoms with Gasteiger partial charge >= 0.3 is 0 Å². The van der Waals surface area contributed by atoms with Gasteiger partial charge in [-0.3, -0.25) is 4.90 Å². The molecular formula is C21H29NO4. The molecule has 3 N–H and O–H groups in total. The molecular weight excluding hydrogens is 330 g/mol. The molecule has 2 aromatic carbocycles. The minimum Gasteiger partial charge on any atom is -0.489 e. The Morgan fingerprint density at radius 3 is 2.12 bits per heavy atom. The summed E-state index contributed by atoms with van der Waals surface area (Å²) in [5.41, 5.74) is 1.95. The van der Waals surface area contributed by atoms with Gasteiger partial charge in [0.25, 0.3) is 0 Å². The second kappa shape index (κ2) is 11.6. The van der Waals surface area contributed by atoms with Gasteiger partial charge in [0.15, 0.2) is 0 Å². The summed E-state index contributed by atoms with van der Waals surface area (Å²) in [7, 11) is 0. The van der Waals surface area contributed by atoms with Gasteiger partial charge in [-0.15, -0.1) is 0 Å². The number of rotatable bonds is 12. The molecule has 2 aromatic rings. The van der Waals surface area contributed by atoms with Gasteiger partial charge in [-0.05, 0) is 42.6 Å². The third kappa shape index (κ3) is 7.14. The Hall–Kier alpha value is -1.92. The van der Waals surface area contributed by atoms with Gasteiger partial charge in [-0.25, -0.2) is 0 Å². The van der Waals surface area contributed by atoms with Crippen LogP contribution in [0.2, 0.25) is 0 Å². The van der Waals surface area contributed by atoms with E-state index in [0.29, 0.717) is 26.1 Å². The molecule has 0 spiro atoms. The zero-order chi connectivity index (χ0) is 18.6. The SMILES string of the molecule is OCCN(CCO)CCCC(O)c1ccc(COc2ccccc2)cc1. The summed E-state index contributed by atoms with van der Waals surface area (Å²) < 4.78 is 5.72. The Balaban J connectivity index is 1.76. The first-order chi connectivity index (χ1) is 12.7. The Morgan fingerprint density at radius 1 is 0.846 bits per heavy atom. The van der Waals surface area contributed by atoms with E-state index in [4.69, 9.17) is 14.9 Å². The van der Waals surface area contributed by atoms with Crippen LogP contribution in [0.1, 0.15) is 30.1 Å². The van der Waals surface area contributed by atoms with Crippen LogP contribution in [0.15, 0.2) is 54.6 Å². The molecule has 5 heteroatoms. The Labute approximate surface area is 155 Å². The lowest BCUT2D eigenvalue weighted by Crippen LogP contribution is -2.31. The summed E-state index contributed by atoms with van der Waals surface area (Å²) in [4.78, 5) is 2.00. The number of para-hydroxylation sites is 1. The van der Waals surface area contributed by atoms with E-state index < -0.39 is 6.10 Å². The molecule has 26 heavy (non-hydrogen) atoms. The Kier molecular flexibility index (Phi) is 9.14. The highest BCUT2D eigenvalue weighted by molar-refractivity contribution is 5.25. The van der Waals surface area contributed by atoms with Crippen molar-refractivity contribution in [2.24, 2.45) is 0 Å². The molecule has 0 fully saturated rings. The van der Waals surface area contributed by atoms with Gasteiger partial charge in [0, 0.05) is 13.1 Å². The van der Waals surface area contributed by atoms with E-state index >= 15 is 0 Å². The highest BCUT2D eigenvalue weighted by atomic mass is 16.5. The van der Waals surface area contributed by atoms with Gasteiger partial charge in [0.1, 0.15) is 12.4 Å². The summed E-state index contributed by atoms with van der Waals surface area (Å²) in [6.07, 6.45) is 0.942. The summed E-state index contributed by atoms with van der Waals surface area (Å²) >= 11 is 0. The number of benzene rings is 2. The van der Waals surface area contributed by atoms with E-state index in [1.807, 2.05) is 59.5 Å². The molecule has 0 aromatic heterocycles. The summed E-state index contributed by atoms with van der Waals surface area (Å²) in [6.45, 7) is 2.50. The molecule has 0 aliphatic carbocycles. The van der Waals surface area contributed by atoms with Crippen LogP contribution in [0, 0.1) is 0 Å². The average Bonchev–Trinajstić information content (AvgIpc) is 2.68. The molecule has 0 radical (unpaired) electrons. The molecule has 1 atom stereocenters. The summed E-state index contributed by atoms with van der Waals surface area (Å²) in [6, 6.07) is 17.5. The molecule has 0 aliphatic heterocycles. The van der Waals surface area contributed by atoms with E-state index in [1.165, 1.54) is 0 Å². The van der Waals surface area contributed by atoms with E-state index in [0.717, 1.165) is 29.8 Å². The normalized spacial score (nSPS) is 12.3. The predicted molar refractivity (Wildman–Crippen MR) is 102 cm³/mol. The van der Waals surface area contributed by atoms with Gasteiger partial charge < -0.3 is 20.1 Å². The number of nitrogens with zero attached hydrogens (tertiary/aromatic N) is 1. The second-order valence-electron chi connectivity index (χ2n) is 6.29. The second-order valence-corrected chi connectivity index (χ2v) is 6.29. The first-order valence-electron chi connectivity index (χ1n) is 9.11. The van der Waals surface area contributed by atoms with E-state index in [1.54, 1.807) is 0 Å². The topological polar surface area (TPSA) is 73.2 Å². The maximum absolute atomic E-state index is 10.3. The zero-order valence-electron chi connectivity index (χ0n) is 15.1. The van der Waals surface area contributed by atoms with Crippen molar-refractivity contribution in [2.75, 3.05) is 32.8 Å². The first kappa shape index (κ1) is 20.4. The number of hydrogen-bond acceptors (Lipinski definition) is 5. The van der Waals surface area contributed by atoms with Crippen molar-refractivity contribution in [3.8, 4) is 5.75 Å². The average molecular weight is 359 g/mol. The first-order valence-corrected chi connectivity index (χ1v) is 9.11. The van der Waals surface area contributed by atoms with Crippen LogP contribution >= 0.6 is 0 Å². The summed E-state index contributed by atoms with van der Waals surface area (Å²) in [5, 5.41) is 28.4. The fourth-order valence-electron chi connectivity index (χ4n) is 2.81. The van der Waals surface area contributed by atoms with Crippen molar-refractivity contribution in [3.05, 3.63) is 65.7 Å². The molecule has 2 rings (SSSR count). The minimum absolute atomic E-state index is 0.0784. The van der Waals surface area contributed by atoms with Gasteiger partial charge in [0.05, 0.1) is 19.3 Å². The molecule has 5 nitrogen and oxygen atoms in total. The zero-order valence-corrected chi connectivity index (χ0v) is 15.1. The molecule has 1 unspecified atom stereocenters. The van der Waals surface area contributed by atoms with E-state index in [2.05, 4.69) is 0 Å². The maximum Gasteiger partial charge on any atom is 0.119 e. The van der Waals surface area contributed by atoms with Crippen LogP contribution < -0.4 is 4.74 Å². The predicted octanol–water partition coefficient (Wildman–Crippen LogP) is 2.37. The number of aliphatic hydroxyl groups excluding tert-OH is 3. The number of ether oxygens (including phenoxy) is 1. The van der Waals surface area contributed by atoms with Crippen molar-refractivity contribution in [2.45, 2.75) is 25.6 Å². The smallest absolute Gasteiger partial charge is 0.119 e. The van der Waals surface area contributed by atoms with Crippen LogP contribution in [0.4, 0.5) is 0 Å². The molecule has 0 bridgehead atoms. The Bertz CT molecular complexity index is 597. The number of aliphatic hydroxyl groups is 3. The van der Waals surface area contributed by atoms with Gasteiger partial charge in [-0.2, -0.15) is 0 Å². The molecule has 0 heterocycles. The monoisotopic (exact) mass is 359 g/mol. The lowest BCUT2D eigenvalue weighted by atomic mass is 10.0. The van der Waals surface area contributed by atoms with E-state index in [-0.39, 0.29) is 13.2 Å². The van der Waals surface area contributed by atoms with Gasteiger partial charge in [-0.1, -0.05) is 42.5 Å². The van der Waals surface area contributed by atoms with Crippen molar-refractivity contribution in [1.82, 2.24) is 4.90 Å². The fourth-order valence-corrected chi connectivity index (χ4v) is 2.81. The minimum atomic E-state index is -0.510. The highest BCUT2D eigenvalue weighted by Crippen LogP contribution is 2.20. The third-order valence-corrected chi connectivity index (χ3v) is 4.30. The van der Waals surface area contributed by atoms with Crippen LogP contribution in [-0.4, -0.2) is 53.1 Å². The standard InChI is InChI=1S/C21H29NO4/c23-15-13-22(14-16-24)12-4-7-21(25)19-10-8-18(9-11-19)17-26-20-5-2-1-3-6-20/h1-3,5-6,8-11,21,23-25H,4,7,12-17H2. The quantitative estimate of drug-likeness (QED) is 0.543. The van der Waals surface area contributed by atoms with E-state index in [9.17, 15) is 5.11 Å². The largest absolute Gasteiger partial charge is 0.489 e. The van der Waals surface area contributed by atoms with Crippen LogP contribution in [0.5, 0.6) is 5.75 Å². The molecule has 0 amide bonds. The van der Waals surface area contributed by atoms with Crippen LogP contribution in [0.3, 0.4) is 0 Å². The van der Waals surface area contributed by atoms with Crippen LogP contribution in [0.25, 0.3) is 0 Å². The lowest BCUT2D eigenvalue weighted by molar-refractivity contribution is 0.136. The van der Waals surface area contributed by atoms with Gasteiger partial charge in [0.2, 0.25) is 0 Å². The van der Waals surface area contributed by atoms with Crippen molar-refractivity contribution in [3.63, 3.8) is 0 Å². The highest BCUT2D eigenvalue weighted by Gasteiger charge is 2.09. The summed E-state index contributed by atoms with van der Waals surface area (Å²) in [5.74, 6) is 0.840. The van der Waals surface area contributed by atoms with Crippen molar-refractivity contribution < 1.29 is 20.1 Å². The van der Waals surface area contributed by atoms with Crippen molar-refractivity contribution in [1.29, 1.82) is 0 Å². The third-order valence-electron chi connectivity index (χ3n) is 4.30. The number of hydrogen-bond donors (Lipinski definition) is 3.